The summed E-state index contributed by atoms with van der Waals surface area (Å²) >= 11 is 0. The minimum atomic E-state index is -1.38. The van der Waals surface area contributed by atoms with E-state index in [1.807, 2.05) is 48.5 Å². The normalized spacial score (nSPS) is 20.7. The van der Waals surface area contributed by atoms with E-state index in [0.29, 0.717) is 12.0 Å². The van der Waals surface area contributed by atoms with E-state index in [-0.39, 0.29) is 12.3 Å². The molecule has 1 N–H and O–H groups in total. The molecule has 4 nitrogen and oxygen atoms in total. The molecule has 2 aromatic carbocycles. The number of hydrazone groups is 1. The van der Waals surface area contributed by atoms with Crippen LogP contribution in [-0.2, 0) is 16.9 Å². The van der Waals surface area contributed by atoms with Gasteiger partial charge in [-0.1, -0.05) is 60.7 Å². The lowest BCUT2D eigenvalue weighted by atomic mass is 9.99. The summed E-state index contributed by atoms with van der Waals surface area (Å²) < 4.78 is 0. The SMILES string of the molecule is O=C(Cc1ccccc1)N1N=CCC1(O)c1ccccc1. The largest absolute Gasteiger partial charge is 0.365 e. The van der Waals surface area contributed by atoms with Crippen molar-refractivity contribution in [2.75, 3.05) is 0 Å². The predicted molar refractivity (Wildman–Crippen MR) is 80.4 cm³/mol. The minimum absolute atomic E-state index is 0.216. The number of carbonyl (C=O) groups excluding carboxylic acids is 1. The fourth-order valence-corrected chi connectivity index (χ4v) is 2.49. The summed E-state index contributed by atoms with van der Waals surface area (Å²) in [7, 11) is 0. The molecule has 0 radical (unpaired) electrons. The van der Waals surface area contributed by atoms with Gasteiger partial charge in [0, 0.05) is 18.2 Å². The van der Waals surface area contributed by atoms with Crippen molar-refractivity contribution < 1.29 is 9.90 Å². The first-order valence-electron chi connectivity index (χ1n) is 6.87. The number of hydrogen-bond acceptors (Lipinski definition) is 3. The van der Waals surface area contributed by atoms with Crippen LogP contribution in [0.25, 0.3) is 0 Å². The Bertz CT molecular complexity index is 655. The van der Waals surface area contributed by atoms with Crippen molar-refractivity contribution in [2.45, 2.75) is 18.6 Å². The first-order chi connectivity index (χ1) is 10.2. The maximum atomic E-state index is 12.5. The summed E-state index contributed by atoms with van der Waals surface area (Å²) in [5.74, 6) is -0.221. The van der Waals surface area contributed by atoms with Gasteiger partial charge in [0.05, 0.1) is 6.42 Å². The molecule has 0 aromatic heterocycles. The second-order valence-electron chi connectivity index (χ2n) is 5.05. The Morgan fingerprint density at radius 2 is 1.71 bits per heavy atom. The zero-order valence-corrected chi connectivity index (χ0v) is 11.5. The van der Waals surface area contributed by atoms with Crippen LogP contribution in [0.15, 0.2) is 65.8 Å². The average molecular weight is 280 g/mol. The molecular weight excluding hydrogens is 264 g/mol. The number of nitrogens with zero attached hydrogens (tertiary/aromatic N) is 2. The molecule has 0 spiro atoms. The lowest BCUT2D eigenvalue weighted by Crippen LogP contribution is -2.44. The third-order valence-electron chi connectivity index (χ3n) is 3.59. The van der Waals surface area contributed by atoms with Crippen LogP contribution in [-0.4, -0.2) is 22.2 Å². The van der Waals surface area contributed by atoms with Crippen LogP contribution in [0.4, 0.5) is 0 Å². The van der Waals surface area contributed by atoms with Crippen molar-refractivity contribution in [2.24, 2.45) is 5.10 Å². The van der Waals surface area contributed by atoms with Crippen LogP contribution in [0.3, 0.4) is 0 Å². The van der Waals surface area contributed by atoms with Crippen LogP contribution in [0, 0.1) is 0 Å². The van der Waals surface area contributed by atoms with E-state index in [0.717, 1.165) is 5.56 Å². The van der Waals surface area contributed by atoms with E-state index in [1.165, 1.54) is 5.01 Å². The molecule has 1 aliphatic rings. The second-order valence-corrected chi connectivity index (χ2v) is 5.05. The topological polar surface area (TPSA) is 52.9 Å². The third-order valence-corrected chi connectivity index (χ3v) is 3.59. The molecular formula is C17H16N2O2. The zero-order chi connectivity index (χ0) is 14.7. The lowest BCUT2D eigenvalue weighted by molar-refractivity contribution is -0.157. The Hall–Kier alpha value is -2.46. The molecule has 4 heteroatoms. The van der Waals surface area contributed by atoms with Crippen molar-refractivity contribution in [3.8, 4) is 0 Å². The molecule has 0 fully saturated rings. The highest BCUT2D eigenvalue weighted by molar-refractivity contribution is 5.82. The Balaban J connectivity index is 1.84. The fourth-order valence-electron chi connectivity index (χ4n) is 2.49. The molecule has 0 saturated carbocycles. The number of amides is 1. The molecule has 21 heavy (non-hydrogen) atoms. The number of aliphatic hydroxyl groups is 1. The smallest absolute Gasteiger partial charge is 0.250 e. The van der Waals surface area contributed by atoms with Crippen LogP contribution in [0.5, 0.6) is 0 Å². The van der Waals surface area contributed by atoms with Crippen molar-refractivity contribution in [1.29, 1.82) is 0 Å². The van der Waals surface area contributed by atoms with E-state index in [1.54, 1.807) is 18.3 Å². The molecule has 1 unspecified atom stereocenters. The van der Waals surface area contributed by atoms with Gasteiger partial charge in [0.25, 0.3) is 0 Å². The van der Waals surface area contributed by atoms with E-state index < -0.39 is 5.72 Å². The van der Waals surface area contributed by atoms with Gasteiger partial charge in [-0.05, 0) is 5.56 Å². The second kappa shape index (κ2) is 5.50. The van der Waals surface area contributed by atoms with Gasteiger partial charge in [0.1, 0.15) is 0 Å². The lowest BCUT2D eigenvalue weighted by Gasteiger charge is -2.31. The first-order valence-corrected chi connectivity index (χ1v) is 6.87. The quantitative estimate of drug-likeness (QED) is 0.938. The van der Waals surface area contributed by atoms with Crippen LogP contribution >= 0.6 is 0 Å². The highest BCUT2D eigenvalue weighted by atomic mass is 16.3. The van der Waals surface area contributed by atoms with Crippen molar-refractivity contribution in [3.63, 3.8) is 0 Å². The molecule has 1 atom stereocenters. The Labute approximate surface area is 123 Å². The molecule has 0 saturated heterocycles. The molecule has 106 valence electrons. The van der Waals surface area contributed by atoms with Crippen LogP contribution in [0.1, 0.15) is 17.5 Å². The molecule has 0 bridgehead atoms. The maximum Gasteiger partial charge on any atom is 0.250 e. The Morgan fingerprint density at radius 1 is 1.10 bits per heavy atom. The zero-order valence-electron chi connectivity index (χ0n) is 11.5. The number of hydrogen-bond donors (Lipinski definition) is 1. The van der Waals surface area contributed by atoms with E-state index in [9.17, 15) is 9.90 Å². The standard InChI is InChI=1S/C17H16N2O2/c20-16(13-14-7-3-1-4-8-14)19-17(21,11-12-18-19)15-9-5-2-6-10-15/h1-10,12,21H,11,13H2. The van der Waals surface area contributed by atoms with Gasteiger partial charge in [-0.25, -0.2) is 0 Å². The number of benzene rings is 2. The fraction of sp³-hybridized carbons (Fsp3) is 0.176. The molecule has 1 aliphatic heterocycles. The van der Waals surface area contributed by atoms with Crippen LogP contribution in [0.2, 0.25) is 0 Å². The van der Waals surface area contributed by atoms with Gasteiger partial charge in [-0.2, -0.15) is 10.1 Å². The predicted octanol–water partition coefficient (Wildman–Crippen LogP) is 2.29. The highest BCUT2D eigenvalue weighted by Gasteiger charge is 2.42. The third kappa shape index (κ3) is 2.58. The van der Waals surface area contributed by atoms with Crippen molar-refractivity contribution in [1.82, 2.24) is 5.01 Å². The van der Waals surface area contributed by atoms with Gasteiger partial charge >= 0.3 is 0 Å². The highest BCUT2D eigenvalue weighted by Crippen LogP contribution is 2.33. The monoisotopic (exact) mass is 280 g/mol. The minimum Gasteiger partial charge on any atom is -0.365 e. The van der Waals surface area contributed by atoms with Gasteiger partial charge in [-0.15, -0.1) is 0 Å². The van der Waals surface area contributed by atoms with Crippen LogP contribution < -0.4 is 0 Å². The van der Waals surface area contributed by atoms with Gasteiger partial charge in [0.15, 0.2) is 5.72 Å². The Kier molecular flexibility index (Phi) is 3.54. The van der Waals surface area contributed by atoms with Gasteiger partial charge < -0.3 is 5.11 Å². The molecule has 2 aromatic rings. The summed E-state index contributed by atoms with van der Waals surface area (Å²) in [5, 5.41) is 16.1. The number of carbonyl (C=O) groups is 1. The van der Waals surface area contributed by atoms with Crippen molar-refractivity contribution >= 4 is 12.1 Å². The molecule has 1 heterocycles. The van der Waals surface area contributed by atoms with Gasteiger partial charge in [-0.3, -0.25) is 4.79 Å². The maximum absolute atomic E-state index is 12.5. The summed E-state index contributed by atoms with van der Waals surface area (Å²) in [6.45, 7) is 0. The summed E-state index contributed by atoms with van der Waals surface area (Å²) in [4.78, 5) is 12.5. The average Bonchev–Trinajstić information content (AvgIpc) is 2.92. The van der Waals surface area contributed by atoms with Crippen molar-refractivity contribution in [3.05, 3.63) is 71.8 Å². The molecule has 1 amide bonds. The van der Waals surface area contributed by atoms with E-state index >= 15 is 0 Å². The summed E-state index contributed by atoms with van der Waals surface area (Å²) in [5.41, 5.74) is 0.191. The summed E-state index contributed by atoms with van der Waals surface area (Å²) in [6, 6.07) is 18.6. The number of rotatable bonds is 3. The summed E-state index contributed by atoms with van der Waals surface area (Å²) in [6.07, 6.45) is 2.10. The Morgan fingerprint density at radius 3 is 2.38 bits per heavy atom. The van der Waals surface area contributed by atoms with E-state index in [2.05, 4.69) is 5.10 Å². The first kappa shape index (κ1) is 13.5. The van der Waals surface area contributed by atoms with Gasteiger partial charge in [0.2, 0.25) is 5.91 Å². The molecule has 0 aliphatic carbocycles. The van der Waals surface area contributed by atoms with E-state index in [4.69, 9.17) is 0 Å². The molecule has 3 rings (SSSR count).